The monoisotopic (exact) mass is 274 g/mol. The van der Waals surface area contributed by atoms with E-state index in [4.69, 9.17) is 10.6 Å². The average Bonchev–Trinajstić information content (AvgIpc) is 2.38. The molecule has 0 saturated carbocycles. The number of hydrazine groups is 1. The fourth-order valence-corrected chi connectivity index (χ4v) is 2.73. The number of rotatable bonds is 7. The van der Waals surface area contributed by atoms with E-state index in [1.54, 1.807) is 7.11 Å². The summed E-state index contributed by atoms with van der Waals surface area (Å²) in [6.07, 6.45) is 3.37. The molecular formula is C10H18N4O3S. The Balaban J connectivity index is 2.91. The fourth-order valence-electron chi connectivity index (χ4n) is 1.42. The number of nitrogens with two attached hydrogens (primary N) is 1. The molecule has 0 radical (unpaired) electrons. The molecule has 1 rings (SSSR count). The van der Waals surface area contributed by atoms with Gasteiger partial charge in [-0.1, -0.05) is 0 Å². The van der Waals surface area contributed by atoms with Gasteiger partial charge in [0, 0.05) is 39.7 Å². The van der Waals surface area contributed by atoms with Crippen molar-refractivity contribution in [3.05, 3.63) is 18.5 Å². The molecule has 18 heavy (non-hydrogen) atoms. The van der Waals surface area contributed by atoms with Gasteiger partial charge in [-0.25, -0.2) is 12.7 Å². The molecule has 0 aromatic carbocycles. The van der Waals surface area contributed by atoms with Gasteiger partial charge in [0.15, 0.2) is 0 Å². The lowest BCUT2D eigenvalue weighted by Gasteiger charge is -2.18. The number of pyridine rings is 1. The van der Waals surface area contributed by atoms with Gasteiger partial charge in [0.05, 0.1) is 5.69 Å². The van der Waals surface area contributed by atoms with Crippen molar-refractivity contribution in [1.82, 2.24) is 9.29 Å². The predicted octanol–water partition coefficient (Wildman–Crippen LogP) is 0.0242. The first-order valence-electron chi connectivity index (χ1n) is 5.40. The normalized spacial score (nSPS) is 11.8. The maximum absolute atomic E-state index is 12.3. The number of nitrogen functional groups attached to an aromatic ring is 1. The minimum absolute atomic E-state index is 0.0624. The lowest BCUT2D eigenvalue weighted by molar-refractivity contribution is 0.189. The molecule has 1 aromatic heterocycles. The molecule has 0 atom stereocenters. The van der Waals surface area contributed by atoms with E-state index in [0.29, 0.717) is 25.3 Å². The molecule has 102 valence electrons. The molecule has 3 N–H and O–H groups in total. The van der Waals surface area contributed by atoms with E-state index in [1.807, 2.05) is 0 Å². The van der Waals surface area contributed by atoms with Crippen molar-refractivity contribution in [2.24, 2.45) is 5.84 Å². The summed E-state index contributed by atoms with van der Waals surface area (Å²) in [6, 6.07) is 1.51. The Morgan fingerprint density at radius 2 is 2.28 bits per heavy atom. The molecule has 0 aliphatic heterocycles. The third-order valence-corrected chi connectivity index (χ3v) is 4.33. The van der Waals surface area contributed by atoms with Gasteiger partial charge in [0.25, 0.3) is 0 Å². The molecule has 8 heteroatoms. The van der Waals surface area contributed by atoms with Gasteiger partial charge >= 0.3 is 0 Å². The Kier molecular flexibility index (Phi) is 5.48. The number of anilines is 1. The number of nitrogens with one attached hydrogen (secondary N) is 1. The van der Waals surface area contributed by atoms with Gasteiger partial charge in [-0.2, -0.15) is 0 Å². The number of hydrogen-bond acceptors (Lipinski definition) is 6. The zero-order valence-corrected chi connectivity index (χ0v) is 11.3. The van der Waals surface area contributed by atoms with Crippen LogP contribution < -0.4 is 11.3 Å². The summed E-state index contributed by atoms with van der Waals surface area (Å²) < 4.78 is 30.7. The molecule has 0 aliphatic carbocycles. The van der Waals surface area contributed by atoms with Crippen molar-refractivity contribution in [3.8, 4) is 0 Å². The molecule has 7 nitrogen and oxygen atoms in total. The van der Waals surface area contributed by atoms with Crippen molar-refractivity contribution in [3.63, 3.8) is 0 Å². The molecule has 0 bridgehead atoms. The molecule has 0 spiro atoms. The first kappa shape index (κ1) is 14.8. The summed E-state index contributed by atoms with van der Waals surface area (Å²) in [5.74, 6) is 5.29. The molecule has 0 fully saturated rings. The molecule has 0 unspecified atom stereocenters. The summed E-state index contributed by atoms with van der Waals surface area (Å²) in [7, 11) is -0.502. The minimum atomic E-state index is -3.59. The van der Waals surface area contributed by atoms with Gasteiger partial charge in [-0.3, -0.25) is 10.8 Å². The van der Waals surface area contributed by atoms with Crippen LogP contribution in [0.1, 0.15) is 6.42 Å². The summed E-state index contributed by atoms with van der Waals surface area (Å²) in [6.45, 7) is 0.879. The number of methoxy groups -OCH3 is 1. The Morgan fingerprint density at radius 3 is 2.89 bits per heavy atom. The lowest BCUT2D eigenvalue weighted by Crippen LogP contribution is -2.29. The largest absolute Gasteiger partial charge is 0.385 e. The van der Waals surface area contributed by atoms with Crippen molar-refractivity contribution in [2.75, 3.05) is 32.7 Å². The summed E-state index contributed by atoms with van der Waals surface area (Å²) in [4.78, 5) is 3.87. The first-order valence-corrected chi connectivity index (χ1v) is 6.84. The molecule has 0 amide bonds. The first-order chi connectivity index (χ1) is 8.54. The quantitative estimate of drug-likeness (QED) is 0.413. The second-order valence-electron chi connectivity index (χ2n) is 3.69. The van der Waals surface area contributed by atoms with Crippen molar-refractivity contribution >= 4 is 15.7 Å². The second kappa shape index (κ2) is 6.64. The standard InChI is InChI=1S/C10H18N4O3S/c1-14(6-3-7-17-2)18(15,16)10-8-12-5-4-9(10)13-11/h4-5,8H,3,6-7,11H2,1-2H3,(H,12,13). The van der Waals surface area contributed by atoms with Crippen LogP contribution in [-0.4, -0.2) is 45.0 Å². The Bertz CT molecular complexity index is 478. The third kappa shape index (κ3) is 3.39. The second-order valence-corrected chi connectivity index (χ2v) is 5.70. The van der Waals surface area contributed by atoms with Crippen LogP contribution in [0.25, 0.3) is 0 Å². The minimum Gasteiger partial charge on any atom is -0.385 e. The van der Waals surface area contributed by atoms with Crippen LogP contribution in [0, 0.1) is 0 Å². The van der Waals surface area contributed by atoms with E-state index >= 15 is 0 Å². The Morgan fingerprint density at radius 1 is 1.56 bits per heavy atom. The van der Waals surface area contributed by atoms with E-state index in [0.717, 1.165) is 0 Å². The van der Waals surface area contributed by atoms with E-state index in [-0.39, 0.29) is 4.90 Å². The number of ether oxygens (including phenoxy) is 1. The van der Waals surface area contributed by atoms with E-state index in [2.05, 4.69) is 10.4 Å². The SMILES string of the molecule is COCCCN(C)S(=O)(=O)c1cnccc1NN. The van der Waals surface area contributed by atoms with Crippen LogP contribution >= 0.6 is 0 Å². The van der Waals surface area contributed by atoms with Crippen LogP contribution in [0.15, 0.2) is 23.4 Å². The van der Waals surface area contributed by atoms with E-state index < -0.39 is 10.0 Å². The van der Waals surface area contributed by atoms with Gasteiger partial charge in [0.2, 0.25) is 10.0 Å². The van der Waals surface area contributed by atoms with Crippen LogP contribution in [0.2, 0.25) is 0 Å². The Hall–Kier alpha value is -1.22. The number of aromatic nitrogens is 1. The highest BCUT2D eigenvalue weighted by Crippen LogP contribution is 2.21. The van der Waals surface area contributed by atoms with Crippen LogP contribution in [-0.2, 0) is 14.8 Å². The van der Waals surface area contributed by atoms with Crippen molar-refractivity contribution < 1.29 is 13.2 Å². The molecule has 0 saturated heterocycles. The molecule has 0 aliphatic rings. The highest BCUT2D eigenvalue weighted by Gasteiger charge is 2.23. The predicted molar refractivity (Wildman–Crippen MR) is 68.4 cm³/mol. The topological polar surface area (TPSA) is 97.5 Å². The summed E-state index contributed by atoms with van der Waals surface area (Å²) in [5, 5.41) is 0. The van der Waals surface area contributed by atoms with Gasteiger partial charge in [-0.05, 0) is 12.5 Å². The van der Waals surface area contributed by atoms with Gasteiger partial charge in [0.1, 0.15) is 4.90 Å². The lowest BCUT2D eigenvalue weighted by atomic mass is 10.4. The third-order valence-electron chi connectivity index (χ3n) is 2.45. The van der Waals surface area contributed by atoms with E-state index in [1.165, 1.54) is 29.8 Å². The van der Waals surface area contributed by atoms with E-state index in [9.17, 15) is 8.42 Å². The Labute approximate surface area is 107 Å². The zero-order valence-electron chi connectivity index (χ0n) is 10.5. The van der Waals surface area contributed by atoms with Crippen molar-refractivity contribution in [2.45, 2.75) is 11.3 Å². The molecule has 1 heterocycles. The fraction of sp³-hybridized carbons (Fsp3) is 0.500. The maximum Gasteiger partial charge on any atom is 0.246 e. The van der Waals surface area contributed by atoms with Crippen LogP contribution in [0.3, 0.4) is 0 Å². The van der Waals surface area contributed by atoms with Crippen molar-refractivity contribution in [1.29, 1.82) is 0 Å². The van der Waals surface area contributed by atoms with Gasteiger partial charge < -0.3 is 10.2 Å². The highest BCUT2D eigenvalue weighted by molar-refractivity contribution is 7.89. The smallest absolute Gasteiger partial charge is 0.246 e. The zero-order chi connectivity index (χ0) is 13.6. The van der Waals surface area contributed by atoms with Crippen LogP contribution in [0.5, 0.6) is 0 Å². The maximum atomic E-state index is 12.3. The number of sulfonamides is 1. The highest BCUT2D eigenvalue weighted by atomic mass is 32.2. The van der Waals surface area contributed by atoms with Gasteiger partial charge in [-0.15, -0.1) is 0 Å². The number of hydrogen-bond donors (Lipinski definition) is 2. The molecular weight excluding hydrogens is 256 g/mol. The average molecular weight is 274 g/mol. The molecule has 1 aromatic rings. The van der Waals surface area contributed by atoms with Crippen LogP contribution in [0.4, 0.5) is 5.69 Å². The summed E-state index contributed by atoms with van der Waals surface area (Å²) >= 11 is 0. The summed E-state index contributed by atoms with van der Waals surface area (Å²) in [5.41, 5.74) is 2.68. The number of nitrogens with zero attached hydrogens (tertiary/aromatic N) is 2.